The van der Waals surface area contributed by atoms with Crippen molar-refractivity contribution < 1.29 is 30.0 Å². The molecule has 0 saturated carbocycles. The SMILES string of the molecule is Cc1nn(-c2[c-]cccc2)c(C)c1C.O=C(O)c1ccccn1.[Ir]. The van der Waals surface area contributed by atoms with Crippen LogP contribution < -0.4 is 0 Å². The first-order chi connectivity index (χ1) is 11.0. The fourth-order valence-corrected chi connectivity index (χ4v) is 1.96. The van der Waals surface area contributed by atoms with E-state index in [1.54, 1.807) is 12.1 Å². The van der Waals surface area contributed by atoms with Crippen LogP contribution in [0.5, 0.6) is 0 Å². The summed E-state index contributed by atoms with van der Waals surface area (Å²) >= 11 is 0. The minimum atomic E-state index is -0.990. The molecule has 3 rings (SSSR count). The number of pyridine rings is 1. The molecule has 1 aromatic carbocycles. The van der Waals surface area contributed by atoms with Gasteiger partial charge in [-0.2, -0.15) is 29.4 Å². The number of carboxylic acid groups (broad SMARTS) is 1. The van der Waals surface area contributed by atoms with Crippen molar-refractivity contribution >= 4 is 5.97 Å². The summed E-state index contributed by atoms with van der Waals surface area (Å²) in [4.78, 5) is 13.7. The van der Waals surface area contributed by atoms with Crippen molar-refractivity contribution in [1.82, 2.24) is 14.8 Å². The summed E-state index contributed by atoms with van der Waals surface area (Å²) in [6.07, 6.45) is 1.45. The predicted molar refractivity (Wildman–Crippen MR) is 87.8 cm³/mol. The van der Waals surface area contributed by atoms with Gasteiger partial charge in [0.15, 0.2) is 0 Å². The van der Waals surface area contributed by atoms with E-state index in [1.807, 2.05) is 35.9 Å². The van der Waals surface area contributed by atoms with E-state index in [1.165, 1.54) is 23.5 Å². The third-order valence-electron chi connectivity index (χ3n) is 3.46. The number of aromatic nitrogens is 3. The van der Waals surface area contributed by atoms with Gasteiger partial charge in [0.1, 0.15) is 5.69 Å². The van der Waals surface area contributed by atoms with E-state index in [-0.39, 0.29) is 25.8 Å². The molecule has 2 heterocycles. The van der Waals surface area contributed by atoms with Crippen molar-refractivity contribution in [2.75, 3.05) is 0 Å². The molecule has 0 saturated heterocycles. The monoisotopic (exact) mass is 501 g/mol. The quantitative estimate of drug-likeness (QED) is 0.548. The molecule has 24 heavy (non-hydrogen) atoms. The number of benzene rings is 1. The van der Waals surface area contributed by atoms with Gasteiger partial charge in [0.05, 0.1) is 5.69 Å². The summed E-state index contributed by atoms with van der Waals surface area (Å²) < 4.78 is 1.94. The Morgan fingerprint density at radius 2 is 1.83 bits per heavy atom. The van der Waals surface area contributed by atoms with Gasteiger partial charge in [0.2, 0.25) is 0 Å². The molecule has 0 atom stereocenters. The van der Waals surface area contributed by atoms with Gasteiger partial charge >= 0.3 is 5.97 Å². The molecule has 0 aliphatic rings. The average molecular weight is 501 g/mol. The second-order valence-corrected chi connectivity index (χ2v) is 4.98. The fraction of sp³-hybridized carbons (Fsp3) is 0.167. The van der Waals surface area contributed by atoms with Crippen LogP contribution in [-0.2, 0) is 20.1 Å². The Balaban J connectivity index is 0.000000252. The topological polar surface area (TPSA) is 68.0 Å². The minimum Gasteiger partial charge on any atom is -0.477 e. The van der Waals surface area contributed by atoms with Crippen LogP contribution in [0, 0.1) is 26.8 Å². The van der Waals surface area contributed by atoms with E-state index in [4.69, 9.17) is 5.11 Å². The summed E-state index contributed by atoms with van der Waals surface area (Å²) in [6.45, 7) is 6.20. The summed E-state index contributed by atoms with van der Waals surface area (Å²) in [5, 5.41) is 12.8. The standard InChI is InChI=1S/C12H13N2.C6H5NO2.Ir/c1-9-10(2)13-14(11(9)3)12-7-5-4-6-8-12;8-6(9)5-3-1-2-4-7-5;/h4-7H,1-3H3;1-4H,(H,8,9);/q-1;;. The van der Waals surface area contributed by atoms with Gasteiger partial charge in [0.25, 0.3) is 0 Å². The van der Waals surface area contributed by atoms with Gasteiger partial charge in [-0.05, 0) is 44.2 Å². The number of aryl methyl sites for hydroxylation is 1. The summed E-state index contributed by atoms with van der Waals surface area (Å²) in [6, 6.07) is 15.8. The zero-order valence-electron chi connectivity index (χ0n) is 13.6. The second kappa shape index (κ2) is 9.11. The zero-order chi connectivity index (χ0) is 16.8. The van der Waals surface area contributed by atoms with Crippen molar-refractivity contribution in [3.63, 3.8) is 0 Å². The van der Waals surface area contributed by atoms with E-state index < -0.39 is 5.97 Å². The van der Waals surface area contributed by atoms with E-state index in [9.17, 15) is 4.79 Å². The largest absolute Gasteiger partial charge is 0.477 e. The summed E-state index contributed by atoms with van der Waals surface area (Å²) in [7, 11) is 0. The van der Waals surface area contributed by atoms with Crippen LogP contribution in [0.4, 0.5) is 0 Å². The Kier molecular flexibility index (Phi) is 7.49. The van der Waals surface area contributed by atoms with Gasteiger partial charge in [-0.15, -0.1) is 6.07 Å². The van der Waals surface area contributed by atoms with Crippen molar-refractivity contribution in [2.45, 2.75) is 20.8 Å². The van der Waals surface area contributed by atoms with Gasteiger partial charge in [-0.1, -0.05) is 6.07 Å². The Morgan fingerprint density at radius 3 is 2.25 bits per heavy atom. The number of hydrogen-bond donors (Lipinski definition) is 1. The van der Waals surface area contributed by atoms with Crippen LogP contribution >= 0.6 is 0 Å². The molecule has 5 nitrogen and oxygen atoms in total. The third-order valence-corrected chi connectivity index (χ3v) is 3.46. The van der Waals surface area contributed by atoms with Crippen molar-refractivity contribution in [2.24, 2.45) is 0 Å². The van der Waals surface area contributed by atoms with E-state index in [0.29, 0.717) is 0 Å². The summed E-state index contributed by atoms with van der Waals surface area (Å²) in [5.74, 6) is -0.990. The molecular weight excluding hydrogens is 482 g/mol. The van der Waals surface area contributed by atoms with Crippen molar-refractivity contribution in [1.29, 1.82) is 0 Å². The van der Waals surface area contributed by atoms with E-state index >= 15 is 0 Å². The molecule has 127 valence electrons. The van der Waals surface area contributed by atoms with Crippen LogP contribution in [-0.4, -0.2) is 25.8 Å². The number of carboxylic acids is 1. The molecule has 0 aliphatic heterocycles. The van der Waals surface area contributed by atoms with Gasteiger partial charge < -0.3 is 5.11 Å². The molecule has 1 N–H and O–H groups in total. The first kappa shape index (κ1) is 19.7. The third kappa shape index (κ3) is 4.85. The zero-order valence-corrected chi connectivity index (χ0v) is 16.0. The van der Waals surface area contributed by atoms with Crippen molar-refractivity contribution in [3.8, 4) is 5.69 Å². The van der Waals surface area contributed by atoms with Gasteiger partial charge in [-0.25, -0.2) is 9.78 Å². The normalized spacial score (nSPS) is 9.46. The van der Waals surface area contributed by atoms with E-state index in [0.717, 1.165) is 11.4 Å². The number of hydrogen-bond acceptors (Lipinski definition) is 3. The number of para-hydroxylation sites is 1. The molecule has 1 radical (unpaired) electrons. The predicted octanol–water partition coefficient (Wildman–Crippen LogP) is 3.38. The number of aromatic carboxylic acids is 1. The maximum Gasteiger partial charge on any atom is 0.354 e. The number of rotatable bonds is 2. The number of nitrogens with zero attached hydrogens (tertiary/aromatic N) is 3. The molecule has 0 fully saturated rings. The van der Waals surface area contributed by atoms with E-state index in [2.05, 4.69) is 30.0 Å². The summed E-state index contributed by atoms with van der Waals surface area (Å²) in [5.41, 5.74) is 4.60. The maximum atomic E-state index is 10.1. The van der Waals surface area contributed by atoms with Crippen LogP contribution in [0.15, 0.2) is 48.7 Å². The van der Waals surface area contributed by atoms with Crippen LogP contribution in [0.25, 0.3) is 5.69 Å². The second-order valence-electron chi connectivity index (χ2n) is 4.98. The molecule has 0 unspecified atom stereocenters. The van der Waals surface area contributed by atoms with Crippen molar-refractivity contribution in [3.05, 3.63) is 77.4 Å². The molecular formula is C18H18IrN3O2-. The minimum absolute atomic E-state index is 0. The Labute approximate surface area is 154 Å². The molecule has 3 aromatic rings. The van der Waals surface area contributed by atoms with Crippen LogP contribution in [0.3, 0.4) is 0 Å². The molecule has 0 aliphatic carbocycles. The molecule has 0 bridgehead atoms. The Morgan fingerprint density at radius 1 is 1.12 bits per heavy atom. The Bertz CT molecular complexity index is 787. The average Bonchev–Trinajstić information content (AvgIpc) is 2.84. The van der Waals surface area contributed by atoms with Crippen LogP contribution in [0.2, 0.25) is 0 Å². The van der Waals surface area contributed by atoms with Crippen LogP contribution in [0.1, 0.15) is 27.4 Å². The smallest absolute Gasteiger partial charge is 0.354 e. The molecule has 0 amide bonds. The fourth-order valence-electron chi connectivity index (χ4n) is 1.96. The number of carbonyl (C=O) groups is 1. The van der Waals surface area contributed by atoms with Gasteiger partial charge in [0, 0.05) is 32.0 Å². The Hall–Kier alpha value is -2.30. The van der Waals surface area contributed by atoms with Gasteiger partial charge in [-0.3, -0.25) is 4.68 Å². The molecule has 6 heteroatoms. The first-order valence-corrected chi connectivity index (χ1v) is 7.15. The molecule has 2 aromatic heterocycles. The molecule has 0 spiro atoms. The first-order valence-electron chi connectivity index (χ1n) is 7.15. The maximum absolute atomic E-state index is 10.1.